The lowest BCUT2D eigenvalue weighted by Crippen LogP contribution is -2.27. The molecule has 96 valence electrons. The van der Waals surface area contributed by atoms with Crippen LogP contribution in [0.1, 0.15) is 12.2 Å². The van der Waals surface area contributed by atoms with Crippen LogP contribution in [0.4, 0.5) is 0 Å². The van der Waals surface area contributed by atoms with Gasteiger partial charge in [-0.1, -0.05) is 12.1 Å². The lowest BCUT2D eigenvalue weighted by Gasteiger charge is -2.11. The quantitative estimate of drug-likeness (QED) is 0.795. The molecule has 1 aromatic carbocycles. The predicted molar refractivity (Wildman–Crippen MR) is 70.5 cm³/mol. The zero-order valence-corrected chi connectivity index (χ0v) is 10.2. The van der Waals surface area contributed by atoms with Crippen LogP contribution >= 0.6 is 0 Å². The zero-order valence-electron chi connectivity index (χ0n) is 10.2. The first-order chi connectivity index (χ1) is 8.77. The van der Waals surface area contributed by atoms with Crippen molar-refractivity contribution in [3.05, 3.63) is 40.4 Å². The van der Waals surface area contributed by atoms with Gasteiger partial charge in [0.1, 0.15) is 5.82 Å². The third-order valence-electron chi connectivity index (χ3n) is 2.87. The highest BCUT2D eigenvalue weighted by molar-refractivity contribution is 5.77. The lowest BCUT2D eigenvalue weighted by atomic mass is 10.2. The number of nitrogens with zero attached hydrogens (tertiary/aromatic N) is 2. The fourth-order valence-electron chi connectivity index (χ4n) is 2.00. The minimum Gasteiger partial charge on any atom is -0.395 e. The van der Waals surface area contributed by atoms with E-state index in [9.17, 15) is 4.79 Å². The molecule has 2 rings (SSSR count). The average Bonchev–Trinajstić information content (AvgIpc) is 2.40. The molecule has 1 aromatic heterocycles. The van der Waals surface area contributed by atoms with Gasteiger partial charge in [0, 0.05) is 6.42 Å². The number of benzene rings is 1. The largest absolute Gasteiger partial charge is 0.395 e. The van der Waals surface area contributed by atoms with Crippen molar-refractivity contribution in [3.63, 3.8) is 0 Å². The van der Waals surface area contributed by atoms with Crippen LogP contribution in [0.25, 0.3) is 10.9 Å². The van der Waals surface area contributed by atoms with Crippen molar-refractivity contribution in [1.29, 1.82) is 0 Å². The van der Waals surface area contributed by atoms with Crippen LogP contribution in [0, 0.1) is 0 Å². The van der Waals surface area contributed by atoms with Gasteiger partial charge in [-0.25, -0.2) is 4.98 Å². The molecule has 0 bridgehead atoms. The van der Waals surface area contributed by atoms with Crippen LogP contribution in [0.5, 0.6) is 0 Å². The minimum atomic E-state index is -0.0957. The van der Waals surface area contributed by atoms with Crippen LogP contribution in [-0.2, 0) is 13.0 Å². The first-order valence-electron chi connectivity index (χ1n) is 6.07. The summed E-state index contributed by atoms with van der Waals surface area (Å²) in [6, 6.07) is 7.25. The van der Waals surface area contributed by atoms with Crippen molar-refractivity contribution in [3.8, 4) is 0 Å². The van der Waals surface area contributed by atoms with E-state index >= 15 is 0 Å². The molecular weight excluding hydrogens is 230 g/mol. The van der Waals surface area contributed by atoms with E-state index in [1.54, 1.807) is 6.07 Å². The highest BCUT2D eigenvalue weighted by Gasteiger charge is 2.09. The van der Waals surface area contributed by atoms with E-state index in [4.69, 9.17) is 10.8 Å². The number of aryl methyl sites for hydroxylation is 1. The first-order valence-corrected chi connectivity index (χ1v) is 6.07. The third kappa shape index (κ3) is 2.42. The van der Waals surface area contributed by atoms with Crippen LogP contribution in [0.15, 0.2) is 29.1 Å². The van der Waals surface area contributed by atoms with Crippen molar-refractivity contribution in [2.75, 3.05) is 13.2 Å². The SMILES string of the molecule is NCCCc1nc2ccccc2c(=O)n1CCO. The second-order valence-corrected chi connectivity index (χ2v) is 4.12. The fraction of sp³-hybridized carbons (Fsp3) is 0.385. The molecule has 0 aliphatic heterocycles. The molecule has 0 saturated carbocycles. The number of hydrogen-bond donors (Lipinski definition) is 2. The van der Waals surface area contributed by atoms with Gasteiger partial charge in [0.2, 0.25) is 0 Å². The van der Waals surface area contributed by atoms with E-state index in [2.05, 4.69) is 4.98 Å². The Balaban J connectivity index is 2.59. The smallest absolute Gasteiger partial charge is 0.261 e. The van der Waals surface area contributed by atoms with Crippen molar-refractivity contribution in [2.45, 2.75) is 19.4 Å². The first kappa shape index (κ1) is 12.7. The second-order valence-electron chi connectivity index (χ2n) is 4.12. The molecule has 0 spiro atoms. The molecule has 0 atom stereocenters. The number of para-hydroxylation sites is 1. The summed E-state index contributed by atoms with van der Waals surface area (Å²) in [5.41, 5.74) is 6.09. The van der Waals surface area contributed by atoms with Gasteiger partial charge in [-0.3, -0.25) is 9.36 Å². The topological polar surface area (TPSA) is 81.1 Å². The van der Waals surface area contributed by atoms with E-state index in [0.717, 1.165) is 6.42 Å². The molecule has 0 aliphatic rings. The Labute approximate surface area is 105 Å². The van der Waals surface area contributed by atoms with Crippen molar-refractivity contribution in [2.24, 2.45) is 5.73 Å². The predicted octanol–water partition coefficient (Wildman–Crippen LogP) is 0.280. The Morgan fingerprint density at radius 1 is 1.33 bits per heavy atom. The van der Waals surface area contributed by atoms with Crippen LogP contribution in [0.3, 0.4) is 0 Å². The molecule has 2 aromatic rings. The number of hydrogen-bond acceptors (Lipinski definition) is 4. The molecule has 0 fully saturated rings. The van der Waals surface area contributed by atoms with E-state index in [1.807, 2.05) is 18.2 Å². The molecule has 5 nitrogen and oxygen atoms in total. The summed E-state index contributed by atoms with van der Waals surface area (Å²) >= 11 is 0. The Morgan fingerprint density at radius 2 is 2.11 bits per heavy atom. The summed E-state index contributed by atoms with van der Waals surface area (Å²) in [7, 11) is 0. The normalized spacial score (nSPS) is 11.0. The second kappa shape index (κ2) is 5.75. The van der Waals surface area contributed by atoms with Gasteiger partial charge < -0.3 is 10.8 Å². The van der Waals surface area contributed by atoms with E-state index in [0.29, 0.717) is 29.7 Å². The van der Waals surface area contributed by atoms with E-state index < -0.39 is 0 Å². The monoisotopic (exact) mass is 247 g/mol. The summed E-state index contributed by atoms with van der Waals surface area (Å²) in [6.07, 6.45) is 1.42. The zero-order chi connectivity index (χ0) is 13.0. The third-order valence-corrected chi connectivity index (χ3v) is 2.87. The molecule has 3 N–H and O–H groups in total. The summed E-state index contributed by atoms with van der Waals surface area (Å²) in [4.78, 5) is 16.8. The summed E-state index contributed by atoms with van der Waals surface area (Å²) in [5.74, 6) is 0.693. The van der Waals surface area contributed by atoms with Gasteiger partial charge in [0.15, 0.2) is 0 Å². The standard InChI is InChI=1S/C13H17N3O2/c14-7-3-6-12-15-11-5-2-1-4-10(11)13(18)16(12)8-9-17/h1-2,4-5,17H,3,6-9,14H2. The molecule has 0 aliphatic carbocycles. The summed E-state index contributed by atoms with van der Waals surface area (Å²) in [5, 5.41) is 9.64. The van der Waals surface area contributed by atoms with Gasteiger partial charge in [-0.2, -0.15) is 0 Å². The van der Waals surface area contributed by atoms with Crippen LogP contribution in [0.2, 0.25) is 0 Å². The number of aliphatic hydroxyl groups excluding tert-OH is 1. The van der Waals surface area contributed by atoms with Gasteiger partial charge in [0.05, 0.1) is 24.1 Å². The van der Waals surface area contributed by atoms with Gasteiger partial charge in [-0.05, 0) is 25.1 Å². The maximum absolute atomic E-state index is 12.3. The number of rotatable bonds is 5. The Morgan fingerprint density at radius 3 is 2.83 bits per heavy atom. The molecule has 5 heteroatoms. The van der Waals surface area contributed by atoms with Crippen molar-refractivity contribution >= 4 is 10.9 Å². The number of nitrogens with two attached hydrogens (primary N) is 1. The summed E-state index contributed by atoms with van der Waals surface area (Å²) < 4.78 is 1.54. The molecular formula is C13H17N3O2. The molecule has 0 unspecified atom stereocenters. The molecule has 0 saturated heterocycles. The lowest BCUT2D eigenvalue weighted by molar-refractivity contribution is 0.271. The van der Waals surface area contributed by atoms with Gasteiger partial charge >= 0.3 is 0 Å². The minimum absolute atomic E-state index is 0.0739. The molecule has 0 radical (unpaired) electrons. The van der Waals surface area contributed by atoms with Crippen molar-refractivity contribution in [1.82, 2.24) is 9.55 Å². The molecule has 0 amide bonds. The molecule has 18 heavy (non-hydrogen) atoms. The summed E-state index contributed by atoms with van der Waals surface area (Å²) in [6.45, 7) is 0.758. The van der Waals surface area contributed by atoms with Crippen LogP contribution < -0.4 is 11.3 Å². The number of aromatic nitrogens is 2. The maximum atomic E-state index is 12.3. The maximum Gasteiger partial charge on any atom is 0.261 e. The molecule has 1 heterocycles. The highest BCUT2D eigenvalue weighted by atomic mass is 16.3. The Bertz CT molecular complexity index is 592. The van der Waals surface area contributed by atoms with Gasteiger partial charge in [0.25, 0.3) is 5.56 Å². The fourth-order valence-corrected chi connectivity index (χ4v) is 2.00. The van der Waals surface area contributed by atoms with Crippen molar-refractivity contribution < 1.29 is 5.11 Å². The Hall–Kier alpha value is -1.72. The highest BCUT2D eigenvalue weighted by Crippen LogP contribution is 2.09. The van der Waals surface area contributed by atoms with E-state index in [-0.39, 0.29) is 18.7 Å². The van der Waals surface area contributed by atoms with Crippen LogP contribution in [-0.4, -0.2) is 27.8 Å². The Kier molecular flexibility index (Phi) is 4.07. The number of aliphatic hydroxyl groups is 1. The van der Waals surface area contributed by atoms with E-state index in [1.165, 1.54) is 4.57 Å². The van der Waals surface area contributed by atoms with Gasteiger partial charge in [-0.15, -0.1) is 0 Å². The average molecular weight is 247 g/mol. The number of fused-ring (bicyclic) bond motifs is 1.